The third kappa shape index (κ3) is 2.10. The van der Waals surface area contributed by atoms with Crippen molar-refractivity contribution in [1.29, 1.82) is 0 Å². The Hall–Kier alpha value is -2.89. The van der Waals surface area contributed by atoms with Crippen LogP contribution in [0.5, 0.6) is 0 Å². The van der Waals surface area contributed by atoms with Crippen molar-refractivity contribution >= 4 is 22.4 Å². The molecule has 0 aliphatic heterocycles. The number of fused-ring (bicyclic) bond motifs is 1. The van der Waals surface area contributed by atoms with Crippen LogP contribution in [0.2, 0.25) is 0 Å². The summed E-state index contributed by atoms with van der Waals surface area (Å²) >= 11 is 0. The van der Waals surface area contributed by atoms with Crippen molar-refractivity contribution in [3.63, 3.8) is 0 Å². The molecule has 0 aliphatic rings. The zero-order valence-electron chi connectivity index (χ0n) is 11.7. The van der Waals surface area contributed by atoms with Gasteiger partial charge in [0.2, 0.25) is 0 Å². The summed E-state index contributed by atoms with van der Waals surface area (Å²) in [4.78, 5) is 14.7. The lowest BCUT2D eigenvalue weighted by molar-refractivity contribution is -0.384. The Morgan fingerprint density at radius 3 is 2.57 bits per heavy atom. The number of non-ortho nitro benzene ring substituents is 1. The molecule has 1 aromatic heterocycles. The van der Waals surface area contributed by atoms with Gasteiger partial charge in [0.15, 0.2) is 0 Å². The van der Waals surface area contributed by atoms with E-state index in [0.717, 1.165) is 16.6 Å². The molecule has 0 amide bonds. The molecule has 6 nitrogen and oxygen atoms in total. The van der Waals surface area contributed by atoms with E-state index < -0.39 is 4.92 Å². The number of nitro groups is 1. The second-order valence-corrected chi connectivity index (χ2v) is 5.04. The fraction of sp³-hybridized carbons (Fsp3) is 0.133. The molecule has 0 fully saturated rings. The van der Waals surface area contributed by atoms with Crippen LogP contribution in [0.25, 0.3) is 16.7 Å². The van der Waals surface area contributed by atoms with Crippen molar-refractivity contribution in [2.45, 2.75) is 13.8 Å². The molecule has 0 aliphatic carbocycles. The zero-order valence-corrected chi connectivity index (χ0v) is 11.7. The van der Waals surface area contributed by atoms with Crippen LogP contribution in [0, 0.1) is 24.0 Å². The lowest BCUT2D eigenvalue weighted by Crippen LogP contribution is -2.00. The molecule has 6 heteroatoms. The summed E-state index contributed by atoms with van der Waals surface area (Å²) in [5.41, 5.74) is 11.1. The van der Waals surface area contributed by atoms with Crippen LogP contribution < -0.4 is 5.73 Å². The Kier molecular flexibility index (Phi) is 2.86. The fourth-order valence-electron chi connectivity index (χ4n) is 2.33. The molecule has 0 unspecified atom stereocenters. The average Bonchev–Trinajstić information content (AvgIpc) is 2.82. The number of hydrogen-bond acceptors (Lipinski definition) is 4. The molecule has 106 valence electrons. The van der Waals surface area contributed by atoms with Gasteiger partial charge in [0, 0.05) is 12.1 Å². The van der Waals surface area contributed by atoms with Crippen molar-refractivity contribution in [1.82, 2.24) is 9.55 Å². The molecule has 21 heavy (non-hydrogen) atoms. The molecule has 0 spiro atoms. The summed E-state index contributed by atoms with van der Waals surface area (Å²) < 4.78 is 1.85. The monoisotopic (exact) mass is 282 g/mol. The molecular formula is C15H14N4O2. The lowest BCUT2D eigenvalue weighted by atomic mass is 10.1. The van der Waals surface area contributed by atoms with Gasteiger partial charge < -0.3 is 5.73 Å². The molecule has 2 N–H and O–H groups in total. The highest BCUT2D eigenvalue weighted by Crippen LogP contribution is 2.27. The summed E-state index contributed by atoms with van der Waals surface area (Å²) in [6, 6.07) is 8.51. The van der Waals surface area contributed by atoms with Gasteiger partial charge in [0.05, 0.1) is 27.3 Å². The van der Waals surface area contributed by atoms with E-state index in [1.807, 2.05) is 30.5 Å². The van der Waals surface area contributed by atoms with E-state index in [1.54, 1.807) is 12.4 Å². The van der Waals surface area contributed by atoms with Gasteiger partial charge in [-0.05, 0) is 43.2 Å². The Morgan fingerprint density at radius 2 is 1.90 bits per heavy atom. The summed E-state index contributed by atoms with van der Waals surface area (Å²) in [6.45, 7) is 4.07. The first-order valence-corrected chi connectivity index (χ1v) is 6.46. The quantitative estimate of drug-likeness (QED) is 0.444. The number of nitrogens with two attached hydrogens (primary N) is 1. The van der Waals surface area contributed by atoms with Gasteiger partial charge in [-0.2, -0.15) is 0 Å². The van der Waals surface area contributed by atoms with Gasteiger partial charge in [-0.25, -0.2) is 4.98 Å². The third-order valence-corrected chi connectivity index (χ3v) is 3.64. The maximum atomic E-state index is 10.8. The minimum atomic E-state index is -0.459. The van der Waals surface area contributed by atoms with E-state index in [9.17, 15) is 10.1 Å². The SMILES string of the molecule is Cc1cc2ncn(-c3ccc([N+](=O)[O-])cc3N)c2cc1C. The number of aryl methyl sites for hydroxylation is 2. The van der Waals surface area contributed by atoms with E-state index >= 15 is 0 Å². The number of nitrogens with zero attached hydrogens (tertiary/aromatic N) is 3. The van der Waals surface area contributed by atoms with Crippen molar-refractivity contribution < 1.29 is 4.92 Å². The number of anilines is 1. The second-order valence-electron chi connectivity index (χ2n) is 5.04. The first kappa shape index (κ1) is 13.1. The van der Waals surface area contributed by atoms with E-state index in [0.29, 0.717) is 11.4 Å². The Labute approximate surface area is 121 Å². The molecule has 0 atom stereocenters. The summed E-state index contributed by atoms with van der Waals surface area (Å²) in [5, 5.41) is 10.8. The van der Waals surface area contributed by atoms with Crippen molar-refractivity contribution in [3.8, 4) is 5.69 Å². The smallest absolute Gasteiger partial charge is 0.271 e. The van der Waals surface area contributed by atoms with Crippen LogP contribution >= 0.6 is 0 Å². The number of rotatable bonds is 2. The highest BCUT2D eigenvalue weighted by atomic mass is 16.6. The first-order chi connectivity index (χ1) is 9.97. The minimum absolute atomic E-state index is 0.0207. The van der Waals surface area contributed by atoms with Crippen LogP contribution in [-0.4, -0.2) is 14.5 Å². The average molecular weight is 282 g/mol. The van der Waals surface area contributed by atoms with E-state index in [2.05, 4.69) is 4.98 Å². The van der Waals surface area contributed by atoms with Crippen molar-refractivity contribution in [3.05, 3.63) is 57.9 Å². The van der Waals surface area contributed by atoms with Crippen LogP contribution in [0.1, 0.15) is 11.1 Å². The lowest BCUT2D eigenvalue weighted by Gasteiger charge is -2.08. The highest BCUT2D eigenvalue weighted by Gasteiger charge is 2.12. The predicted octanol–water partition coefficient (Wildman–Crippen LogP) is 3.13. The Morgan fingerprint density at radius 1 is 1.19 bits per heavy atom. The third-order valence-electron chi connectivity index (χ3n) is 3.64. The van der Waals surface area contributed by atoms with Crippen molar-refractivity contribution in [2.75, 3.05) is 5.73 Å². The van der Waals surface area contributed by atoms with Crippen LogP contribution in [0.4, 0.5) is 11.4 Å². The molecule has 0 saturated carbocycles. The van der Waals surface area contributed by atoms with Gasteiger partial charge in [-0.3, -0.25) is 14.7 Å². The van der Waals surface area contributed by atoms with Gasteiger partial charge in [-0.1, -0.05) is 0 Å². The van der Waals surface area contributed by atoms with E-state index in [4.69, 9.17) is 5.73 Å². The number of benzene rings is 2. The number of nitro benzene ring substituents is 1. The standard InChI is InChI=1S/C15H14N4O2/c1-9-5-13-15(6-10(9)2)18(8-17-13)14-4-3-11(19(20)21)7-12(14)16/h3-8H,16H2,1-2H3. The molecule has 2 aromatic carbocycles. The van der Waals surface area contributed by atoms with Gasteiger partial charge in [0.1, 0.15) is 6.33 Å². The zero-order chi connectivity index (χ0) is 15.1. The number of imidazole rings is 1. The topological polar surface area (TPSA) is 87.0 Å². The summed E-state index contributed by atoms with van der Waals surface area (Å²) in [7, 11) is 0. The Bertz CT molecular complexity index is 867. The molecule has 0 bridgehead atoms. The maximum Gasteiger partial charge on any atom is 0.271 e. The van der Waals surface area contributed by atoms with Crippen LogP contribution in [0.15, 0.2) is 36.7 Å². The molecule has 3 aromatic rings. The van der Waals surface area contributed by atoms with Crippen LogP contribution in [0.3, 0.4) is 0 Å². The maximum absolute atomic E-state index is 10.8. The second kappa shape index (κ2) is 4.59. The highest BCUT2D eigenvalue weighted by molar-refractivity contribution is 5.81. The van der Waals surface area contributed by atoms with Gasteiger partial charge in [0.25, 0.3) is 5.69 Å². The van der Waals surface area contributed by atoms with E-state index in [1.165, 1.54) is 17.7 Å². The molecule has 1 heterocycles. The molecule has 0 saturated heterocycles. The largest absolute Gasteiger partial charge is 0.397 e. The summed E-state index contributed by atoms with van der Waals surface area (Å²) in [6.07, 6.45) is 1.68. The number of aromatic nitrogens is 2. The fourth-order valence-corrected chi connectivity index (χ4v) is 2.33. The van der Waals surface area contributed by atoms with E-state index in [-0.39, 0.29) is 5.69 Å². The molecular weight excluding hydrogens is 268 g/mol. The first-order valence-electron chi connectivity index (χ1n) is 6.46. The van der Waals surface area contributed by atoms with Gasteiger partial charge in [-0.15, -0.1) is 0 Å². The number of nitrogen functional groups attached to an aromatic ring is 1. The summed E-state index contributed by atoms with van der Waals surface area (Å²) in [5.74, 6) is 0. The molecule has 0 radical (unpaired) electrons. The predicted molar refractivity (Wildman–Crippen MR) is 81.6 cm³/mol. The molecule has 3 rings (SSSR count). The minimum Gasteiger partial charge on any atom is -0.397 e. The van der Waals surface area contributed by atoms with Gasteiger partial charge >= 0.3 is 0 Å². The van der Waals surface area contributed by atoms with Crippen molar-refractivity contribution in [2.24, 2.45) is 0 Å². The normalized spacial score (nSPS) is 11.0. The number of hydrogen-bond donors (Lipinski definition) is 1. The Balaban J connectivity index is 2.21. The van der Waals surface area contributed by atoms with Crippen LogP contribution in [-0.2, 0) is 0 Å².